The summed E-state index contributed by atoms with van der Waals surface area (Å²) in [5.74, 6) is 1.47. The van der Waals surface area contributed by atoms with E-state index in [0.29, 0.717) is 12.6 Å². The van der Waals surface area contributed by atoms with Gasteiger partial charge in [-0.3, -0.25) is 0 Å². The van der Waals surface area contributed by atoms with Gasteiger partial charge in [-0.1, -0.05) is 35.5 Å². The van der Waals surface area contributed by atoms with Gasteiger partial charge in [-0.05, 0) is 37.2 Å². The van der Waals surface area contributed by atoms with E-state index in [2.05, 4.69) is 45.8 Å². The first-order valence-electron chi connectivity index (χ1n) is 6.95. The highest BCUT2D eigenvalue weighted by atomic mass is 16.5. The van der Waals surface area contributed by atoms with E-state index in [-0.39, 0.29) is 0 Å². The van der Waals surface area contributed by atoms with E-state index in [9.17, 15) is 0 Å². The Kier molecular flexibility index (Phi) is 3.89. The van der Waals surface area contributed by atoms with Gasteiger partial charge in [-0.2, -0.15) is 4.98 Å². The summed E-state index contributed by atoms with van der Waals surface area (Å²) in [6, 6.07) is 11.4. The van der Waals surface area contributed by atoms with Crippen molar-refractivity contribution in [2.45, 2.75) is 44.2 Å². The second-order valence-electron chi connectivity index (χ2n) is 5.19. The molecule has 0 saturated heterocycles. The van der Waals surface area contributed by atoms with Gasteiger partial charge in [0.05, 0.1) is 6.54 Å². The molecular weight excluding hydrogens is 238 g/mol. The first-order valence-corrected chi connectivity index (χ1v) is 6.95. The Balaban J connectivity index is 1.47. The fourth-order valence-corrected chi connectivity index (χ4v) is 2.86. The SMILES string of the molecule is c1ccc(C2CCC(NCc3ncon3)CC2)cc1. The summed E-state index contributed by atoms with van der Waals surface area (Å²) in [7, 11) is 0. The molecule has 1 aromatic carbocycles. The van der Waals surface area contributed by atoms with Crippen molar-refractivity contribution in [3.63, 3.8) is 0 Å². The molecule has 0 atom stereocenters. The van der Waals surface area contributed by atoms with Gasteiger partial charge in [0, 0.05) is 6.04 Å². The fraction of sp³-hybridized carbons (Fsp3) is 0.467. The van der Waals surface area contributed by atoms with Gasteiger partial charge in [-0.15, -0.1) is 0 Å². The van der Waals surface area contributed by atoms with Crippen LogP contribution >= 0.6 is 0 Å². The van der Waals surface area contributed by atoms with Crippen LogP contribution in [0.5, 0.6) is 0 Å². The zero-order chi connectivity index (χ0) is 12.9. The lowest BCUT2D eigenvalue weighted by atomic mass is 9.82. The highest BCUT2D eigenvalue weighted by Gasteiger charge is 2.21. The Morgan fingerprint density at radius 1 is 1.11 bits per heavy atom. The van der Waals surface area contributed by atoms with E-state index in [1.54, 1.807) is 0 Å². The third-order valence-electron chi connectivity index (χ3n) is 3.95. The molecule has 1 aliphatic rings. The number of aromatic nitrogens is 2. The molecule has 1 saturated carbocycles. The van der Waals surface area contributed by atoms with Crippen LogP contribution in [0.2, 0.25) is 0 Å². The molecular formula is C15H19N3O. The lowest BCUT2D eigenvalue weighted by Gasteiger charge is -2.29. The van der Waals surface area contributed by atoms with Gasteiger partial charge in [0.15, 0.2) is 5.82 Å². The minimum absolute atomic E-state index is 0.582. The second-order valence-corrected chi connectivity index (χ2v) is 5.19. The van der Waals surface area contributed by atoms with Crippen LogP contribution in [0.15, 0.2) is 41.2 Å². The topological polar surface area (TPSA) is 51.0 Å². The molecule has 0 spiro atoms. The summed E-state index contributed by atoms with van der Waals surface area (Å²) in [6.07, 6.45) is 6.33. The lowest BCUT2D eigenvalue weighted by Crippen LogP contribution is -2.32. The molecule has 1 N–H and O–H groups in total. The lowest BCUT2D eigenvalue weighted by molar-refractivity contribution is 0.335. The maximum atomic E-state index is 4.73. The maximum Gasteiger partial charge on any atom is 0.213 e. The normalized spacial score (nSPS) is 23.4. The minimum Gasteiger partial charge on any atom is -0.343 e. The summed E-state index contributed by atoms with van der Waals surface area (Å²) < 4.78 is 4.73. The Labute approximate surface area is 113 Å². The number of nitrogens with zero attached hydrogens (tertiary/aromatic N) is 2. The zero-order valence-corrected chi connectivity index (χ0v) is 11.0. The van der Waals surface area contributed by atoms with Crippen LogP contribution < -0.4 is 5.32 Å². The third kappa shape index (κ3) is 3.20. The van der Waals surface area contributed by atoms with Crippen LogP contribution in [-0.2, 0) is 6.54 Å². The van der Waals surface area contributed by atoms with Crippen molar-refractivity contribution < 1.29 is 4.52 Å². The molecule has 1 aliphatic carbocycles. The van der Waals surface area contributed by atoms with Gasteiger partial charge in [-0.25, -0.2) is 0 Å². The molecule has 0 aliphatic heterocycles. The summed E-state index contributed by atoms with van der Waals surface area (Å²) in [6.45, 7) is 0.706. The van der Waals surface area contributed by atoms with Crippen LogP contribution in [0.3, 0.4) is 0 Å². The monoisotopic (exact) mass is 257 g/mol. The molecule has 0 amide bonds. The molecule has 4 nitrogen and oxygen atoms in total. The quantitative estimate of drug-likeness (QED) is 0.915. The van der Waals surface area contributed by atoms with Gasteiger partial charge < -0.3 is 9.84 Å². The van der Waals surface area contributed by atoms with Crippen molar-refractivity contribution in [1.82, 2.24) is 15.5 Å². The number of nitrogens with one attached hydrogen (secondary N) is 1. The number of hydrogen-bond donors (Lipinski definition) is 1. The molecule has 0 unspecified atom stereocenters. The summed E-state index contributed by atoms with van der Waals surface area (Å²) in [5.41, 5.74) is 1.49. The van der Waals surface area contributed by atoms with Crippen molar-refractivity contribution in [1.29, 1.82) is 0 Å². The minimum atomic E-state index is 0.582. The second kappa shape index (κ2) is 5.97. The van der Waals surface area contributed by atoms with Crippen LogP contribution in [-0.4, -0.2) is 16.2 Å². The molecule has 1 fully saturated rings. The molecule has 19 heavy (non-hydrogen) atoms. The van der Waals surface area contributed by atoms with E-state index in [4.69, 9.17) is 4.52 Å². The van der Waals surface area contributed by atoms with E-state index in [0.717, 1.165) is 11.7 Å². The third-order valence-corrected chi connectivity index (χ3v) is 3.95. The molecule has 0 radical (unpaired) electrons. The van der Waals surface area contributed by atoms with Gasteiger partial charge in [0.2, 0.25) is 6.39 Å². The summed E-state index contributed by atoms with van der Waals surface area (Å²) in [4.78, 5) is 4.02. The van der Waals surface area contributed by atoms with Crippen LogP contribution in [0.4, 0.5) is 0 Å². The summed E-state index contributed by atoms with van der Waals surface area (Å²) >= 11 is 0. The van der Waals surface area contributed by atoms with Crippen LogP contribution in [0.25, 0.3) is 0 Å². The largest absolute Gasteiger partial charge is 0.343 e. The van der Waals surface area contributed by atoms with Gasteiger partial charge in [0.25, 0.3) is 0 Å². The first-order chi connectivity index (χ1) is 9.42. The Hall–Kier alpha value is -1.68. The van der Waals surface area contributed by atoms with Crippen molar-refractivity contribution in [2.24, 2.45) is 0 Å². The van der Waals surface area contributed by atoms with Gasteiger partial charge >= 0.3 is 0 Å². The van der Waals surface area contributed by atoms with Crippen LogP contribution in [0.1, 0.15) is 43.0 Å². The average molecular weight is 257 g/mol. The Morgan fingerprint density at radius 3 is 2.58 bits per heavy atom. The van der Waals surface area contributed by atoms with Crippen molar-refractivity contribution in [3.8, 4) is 0 Å². The predicted molar refractivity (Wildman–Crippen MR) is 72.6 cm³/mol. The molecule has 3 rings (SSSR count). The Bertz CT molecular complexity index is 475. The molecule has 1 heterocycles. The Morgan fingerprint density at radius 2 is 1.89 bits per heavy atom. The standard InChI is InChI=1S/C15H19N3O/c1-2-4-12(5-3-1)13-6-8-14(9-7-13)16-10-15-17-11-19-18-15/h1-5,11,13-14,16H,6-10H2. The van der Waals surface area contributed by atoms with Gasteiger partial charge in [0.1, 0.15) is 0 Å². The van der Waals surface area contributed by atoms with Crippen molar-refractivity contribution in [3.05, 3.63) is 48.1 Å². The number of rotatable bonds is 4. The van der Waals surface area contributed by atoms with E-state index >= 15 is 0 Å². The number of hydrogen-bond acceptors (Lipinski definition) is 4. The van der Waals surface area contributed by atoms with E-state index in [1.165, 1.54) is 37.6 Å². The fourth-order valence-electron chi connectivity index (χ4n) is 2.86. The van der Waals surface area contributed by atoms with Crippen molar-refractivity contribution in [2.75, 3.05) is 0 Å². The highest BCUT2D eigenvalue weighted by Crippen LogP contribution is 2.32. The average Bonchev–Trinajstić information content (AvgIpc) is 3.00. The first kappa shape index (κ1) is 12.4. The molecule has 100 valence electrons. The maximum absolute atomic E-state index is 4.73. The molecule has 0 bridgehead atoms. The van der Waals surface area contributed by atoms with Crippen molar-refractivity contribution >= 4 is 0 Å². The van der Waals surface area contributed by atoms with E-state index in [1.807, 2.05) is 0 Å². The number of benzene rings is 1. The molecule has 4 heteroatoms. The smallest absolute Gasteiger partial charge is 0.213 e. The van der Waals surface area contributed by atoms with Crippen LogP contribution in [0, 0.1) is 0 Å². The highest BCUT2D eigenvalue weighted by molar-refractivity contribution is 5.20. The van der Waals surface area contributed by atoms with E-state index < -0.39 is 0 Å². The summed E-state index contributed by atoms with van der Waals surface area (Å²) in [5, 5.41) is 7.33. The predicted octanol–water partition coefficient (Wildman–Crippen LogP) is 2.89. The molecule has 2 aromatic rings. The molecule has 1 aromatic heterocycles. The zero-order valence-electron chi connectivity index (χ0n) is 11.0.